The molecule has 148 valence electrons. The van der Waals surface area contributed by atoms with Crippen LogP contribution in [0.3, 0.4) is 0 Å². The van der Waals surface area contributed by atoms with Gasteiger partial charge in [-0.25, -0.2) is 9.37 Å². The summed E-state index contributed by atoms with van der Waals surface area (Å²) in [6.45, 7) is -0.209. The maximum atomic E-state index is 13.5. The van der Waals surface area contributed by atoms with Gasteiger partial charge in [-0.1, -0.05) is 30.3 Å². The molecule has 4 nitrogen and oxygen atoms in total. The van der Waals surface area contributed by atoms with Gasteiger partial charge in [0.1, 0.15) is 12.4 Å². The first-order valence-corrected chi connectivity index (χ1v) is 9.62. The van der Waals surface area contributed by atoms with Gasteiger partial charge in [-0.2, -0.15) is 24.9 Å². The second-order valence-electron chi connectivity index (χ2n) is 6.00. The van der Waals surface area contributed by atoms with Crippen molar-refractivity contribution in [3.05, 3.63) is 65.7 Å². The van der Waals surface area contributed by atoms with E-state index < -0.39 is 24.5 Å². The van der Waals surface area contributed by atoms with E-state index >= 15 is 0 Å². The molecular formula is C19H17F4N3OS. The average Bonchev–Trinajstić information content (AvgIpc) is 3.02. The Morgan fingerprint density at radius 2 is 1.82 bits per heavy atom. The minimum atomic E-state index is -4.66. The number of imidazole rings is 1. The number of nitrogens with zero attached hydrogens (tertiary/aromatic N) is 2. The van der Waals surface area contributed by atoms with Crippen LogP contribution in [0.5, 0.6) is 0 Å². The van der Waals surface area contributed by atoms with Crippen LogP contribution in [0, 0.1) is 5.82 Å². The number of carbonyl (C=O) groups is 1. The van der Waals surface area contributed by atoms with Crippen LogP contribution in [0.1, 0.15) is 11.4 Å². The van der Waals surface area contributed by atoms with Gasteiger partial charge in [0.05, 0.1) is 11.0 Å². The number of hydrogen-bond donors (Lipinski definition) is 1. The van der Waals surface area contributed by atoms with Crippen LogP contribution in [-0.4, -0.2) is 27.8 Å². The number of benzene rings is 2. The molecule has 28 heavy (non-hydrogen) atoms. The minimum Gasteiger partial charge on any atom is -0.354 e. The zero-order chi connectivity index (χ0) is 20.1. The highest BCUT2D eigenvalue weighted by molar-refractivity contribution is 7.98. The second kappa shape index (κ2) is 8.64. The fourth-order valence-corrected chi connectivity index (χ4v) is 3.56. The molecule has 0 aliphatic heterocycles. The largest absolute Gasteiger partial charge is 0.449 e. The highest BCUT2D eigenvalue weighted by atomic mass is 32.2. The molecule has 9 heteroatoms. The molecule has 0 radical (unpaired) electrons. The van der Waals surface area contributed by atoms with Crippen molar-refractivity contribution in [2.75, 3.05) is 12.3 Å². The van der Waals surface area contributed by atoms with Crippen LogP contribution in [0.15, 0.2) is 48.5 Å². The molecule has 0 fully saturated rings. The Kier molecular flexibility index (Phi) is 6.23. The van der Waals surface area contributed by atoms with Gasteiger partial charge in [0.2, 0.25) is 11.7 Å². The number of rotatable bonds is 7. The highest BCUT2D eigenvalue weighted by Gasteiger charge is 2.37. The topological polar surface area (TPSA) is 46.9 Å². The Labute approximate surface area is 162 Å². The van der Waals surface area contributed by atoms with Crippen molar-refractivity contribution in [3.63, 3.8) is 0 Å². The molecule has 3 aromatic rings. The molecular weight excluding hydrogens is 394 g/mol. The number of nitrogens with one attached hydrogen (secondary N) is 1. The van der Waals surface area contributed by atoms with Crippen LogP contribution in [0.2, 0.25) is 0 Å². The molecule has 0 saturated heterocycles. The SMILES string of the molecule is O=C(Cn1c(C(F)(F)F)nc2ccccc21)NCCSCc1ccccc1F. The van der Waals surface area contributed by atoms with Crippen molar-refractivity contribution < 1.29 is 22.4 Å². The Bertz CT molecular complexity index is 971. The normalized spacial score (nSPS) is 11.7. The Hall–Kier alpha value is -2.55. The summed E-state index contributed by atoms with van der Waals surface area (Å²) in [5, 5.41) is 2.60. The summed E-state index contributed by atoms with van der Waals surface area (Å²) in [5.41, 5.74) is 1.00. The number of amides is 1. The lowest BCUT2D eigenvalue weighted by molar-refractivity contribution is -0.147. The van der Waals surface area contributed by atoms with Crippen molar-refractivity contribution in [1.82, 2.24) is 14.9 Å². The molecule has 1 N–H and O–H groups in total. The van der Waals surface area contributed by atoms with E-state index in [0.717, 1.165) is 4.57 Å². The number of fused-ring (bicyclic) bond motifs is 1. The lowest BCUT2D eigenvalue weighted by atomic mass is 10.2. The zero-order valence-electron chi connectivity index (χ0n) is 14.7. The molecule has 3 rings (SSSR count). The lowest BCUT2D eigenvalue weighted by Crippen LogP contribution is -2.31. The number of alkyl halides is 3. The molecule has 0 unspecified atom stereocenters. The number of para-hydroxylation sites is 2. The second-order valence-corrected chi connectivity index (χ2v) is 7.11. The first-order chi connectivity index (χ1) is 13.4. The highest BCUT2D eigenvalue weighted by Crippen LogP contribution is 2.31. The molecule has 0 aliphatic rings. The smallest absolute Gasteiger partial charge is 0.354 e. The molecule has 2 aromatic carbocycles. The molecule has 0 bridgehead atoms. The summed E-state index contributed by atoms with van der Waals surface area (Å²) < 4.78 is 54.1. The van der Waals surface area contributed by atoms with Gasteiger partial charge in [0.15, 0.2) is 0 Å². The summed E-state index contributed by atoms with van der Waals surface area (Å²) in [6, 6.07) is 12.6. The fourth-order valence-electron chi connectivity index (χ4n) is 2.71. The third-order valence-corrected chi connectivity index (χ3v) is 5.00. The van der Waals surface area contributed by atoms with E-state index in [9.17, 15) is 22.4 Å². The summed E-state index contributed by atoms with van der Waals surface area (Å²) in [4.78, 5) is 15.7. The quantitative estimate of drug-likeness (QED) is 0.467. The Morgan fingerprint density at radius 3 is 2.57 bits per heavy atom. The molecule has 0 atom stereocenters. The van der Waals surface area contributed by atoms with Crippen molar-refractivity contribution in [3.8, 4) is 0 Å². The summed E-state index contributed by atoms with van der Waals surface area (Å²) in [5.74, 6) is -0.965. The monoisotopic (exact) mass is 411 g/mol. The van der Waals surface area contributed by atoms with Crippen LogP contribution < -0.4 is 5.32 Å². The fraction of sp³-hybridized carbons (Fsp3) is 0.263. The van der Waals surface area contributed by atoms with E-state index in [2.05, 4.69) is 10.3 Å². The van der Waals surface area contributed by atoms with Crippen molar-refractivity contribution in [2.24, 2.45) is 0 Å². The minimum absolute atomic E-state index is 0.183. The van der Waals surface area contributed by atoms with E-state index in [1.54, 1.807) is 30.3 Å². The van der Waals surface area contributed by atoms with Gasteiger partial charge in [-0.05, 0) is 23.8 Å². The van der Waals surface area contributed by atoms with E-state index in [1.807, 2.05) is 0 Å². The first-order valence-electron chi connectivity index (χ1n) is 8.46. The predicted molar refractivity (Wildman–Crippen MR) is 100 cm³/mol. The third-order valence-electron chi connectivity index (χ3n) is 3.99. The van der Waals surface area contributed by atoms with Crippen LogP contribution >= 0.6 is 11.8 Å². The molecule has 0 spiro atoms. The average molecular weight is 411 g/mol. The van der Waals surface area contributed by atoms with Gasteiger partial charge < -0.3 is 9.88 Å². The number of halogens is 4. The molecule has 0 saturated carbocycles. The van der Waals surface area contributed by atoms with Crippen LogP contribution in [0.25, 0.3) is 11.0 Å². The van der Waals surface area contributed by atoms with Crippen molar-refractivity contribution >= 4 is 28.7 Å². The van der Waals surface area contributed by atoms with Gasteiger partial charge in [0, 0.05) is 18.1 Å². The first kappa shape index (κ1) is 20.2. The standard InChI is InChI=1S/C19H17F4N3OS/c20-14-6-2-1-5-13(14)12-28-10-9-24-17(27)11-26-16-8-4-3-7-15(16)25-18(26)19(21,22)23/h1-8H,9-12H2,(H,24,27). The summed E-state index contributed by atoms with van der Waals surface area (Å²) >= 11 is 1.43. The Balaban J connectivity index is 1.56. The molecule has 1 aromatic heterocycles. The number of aromatic nitrogens is 2. The molecule has 1 amide bonds. The van der Waals surface area contributed by atoms with Crippen LogP contribution in [0.4, 0.5) is 17.6 Å². The molecule has 0 aliphatic carbocycles. The number of carbonyl (C=O) groups excluding carboxylic acids is 1. The van der Waals surface area contributed by atoms with Crippen LogP contribution in [-0.2, 0) is 23.3 Å². The van der Waals surface area contributed by atoms with Gasteiger partial charge >= 0.3 is 6.18 Å². The summed E-state index contributed by atoms with van der Waals surface area (Å²) in [6.07, 6.45) is -4.66. The van der Waals surface area contributed by atoms with Crippen molar-refractivity contribution in [2.45, 2.75) is 18.5 Å². The maximum Gasteiger partial charge on any atom is 0.449 e. The summed E-state index contributed by atoms with van der Waals surface area (Å²) in [7, 11) is 0. The zero-order valence-corrected chi connectivity index (χ0v) is 15.5. The maximum absolute atomic E-state index is 13.5. The van der Waals surface area contributed by atoms with Gasteiger partial charge in [-0.3, -0.25) is 4.79 Å². The van der Waals surface area contributed by atoms with E-state index in [-0.39, 0.29) is 23.4 Å². The van der Waals surface area contributed by atoms with E-state index in [1.165, 1.54) is 30.0 Å². The Morgan fingerprint density at radius 1 is 1.11 bits per heavy atom. The lowest BCUT2D eigenvalue weighted by Gasteiger charge is -2.11. The van der Waals surface area contributed by atoms with Gasteiger partial charge in [-0.15, -0.1) is 0 Å². The van der Waals surface area contributed by atoms with E-state index in [4.69, 9.17) is 0 Å². The van der Waals surface area contributed by atoms with Crippen molar-refractivity contribution in [1.29, 1.82) is 0 Å². The predicted octanol–water partition coefficient (Wildman–Crippen LogP) is 4.24. The number of thioether (sulfide) groups is 1. The molecule has 1 heterocycles. The van der Waals surface area contributed by atoms with Gasteiger partial charge in [0.25, 0.3) is 0 Å². The van der Waals surface area contributed by atoms with E-state index in [0.29, 0.717) is 17.1 Å². The number of hydrogen-bond acceptors (Lipinski definition) is 3. The third kappa shape index (κ3) is 4.83.